The first-order valence-corrected chi connectivity index (χ1v) is 9.46. The fraction of sp³-hybridized carbons (Fsp3) is 0.350. The number of allylic oxidation sites excluding steroid dienone is 1. The quantitative estimate of drug-likeness (QED) is 0.672. The van der Waals surface area contributed by atoms with E-state index in [2.05, 4.69) is 60.2 Å². The SMILES string of the molecule is CC1CCN(c2ccc3cc(/C=C(\C#N)SN)ccc3c2)CCN1C. The number of benzene rings is 2. The van der Waals surface area contributed by atoms with E-state index >= 15 is 0 Å². The van der Waals surface area contributed by atoms with Gasteiger partial charge in [-0.25, -0.2) is 0 Å². The van der Waals surface area contributed by atoms with Gasteiger partial charge in [0.05, 0.1) is 0 Å². The van der Waals surface area contributed by atoms with Crippen LogP contribution in [0.1, 0.15) is 18.9 Å². The van der Waals surface area contributed by atoms with Crippen LogP contribution in [0.15, 0.2) is 41.3 Å². The topological polar surface area (TPSA) is 56.3 Å². The third kappa shape index (κ3) is 4.16. The van der Waals surface area contributed by atoms with E-state index < -0.39 is 0 Å². The van der Waals surface area contributed by atoms with Gasteiger partial charge in [0.1, 0.15) is 11.0 Å². The average molecular weight is 353 g/mol. The van der Waals surface area contributed by atoms with Crippen molar-refractivity contribution in [3.8, 4) is 6.07 Å². The molecule has 1 fully saturated rings. The van der Waals surface area contributed by atoms with Gasteiger partial charge in [-0.2, -0.15) is 5.26 Å². The summed E-state index contributed by atoms with van der Waals surface area (Å²) < 4.78 is 0. The lowest BCUT2D eigenvalue weighted by molar-refractivity contribution is 0.272. The van der Waals surface area contributed by atoms with Crippen molar-refractivity contribution in [1.82, 2.24) is 4.90 Å². The van der Waals surface area contributed by atoms with E-state index in [1.165, 1.54) is 22.9 Å². The molecule has 1 heterocycles. The first-order chi connectivity index (χ1) is 12.1. The molecule has 1 saturated heterocycles. The molecule has 0 aliphatic carbocycles. The van der Waals surface area contributed by atoms with Crippen LogP contribution in [0.2, 0.25) is 0 Å². The Bertz CT molecular complexity index is 812. The molecule has 1 aliphatic heterocycles. The van der Waals surface area contributed by atoms with E-state index in [1.807, 2.05) is 12.1 Å². The summed E-state index contributed by atoms with van der Waals surface area (Å²) in [6, 6.07) is 15.6. The van der Waals surface area contributed by atoms with E-state index in [4.69, 9.17) is 10.4 Å². The second-order valence-corrected chi connectivity index (χ2v) is 7.31. The zero-order valence-electron chi connectivity index (χ0n) is 14.8. The van der Waals surface area contributed by atoms with Crippen molar-refractivity contribution in [2.45, 2.75) is 19.4 Å². The van der Waals surface area contributed by atoms with Crippen molar-refractivity contribution in [3.63, 3.8) is 0 Å². The molecule has 2 aromatic rings. The molecular formula is C20H24N4S. The number of fused-ring (bicyclic) bond motifs is 1. The minimum absolute atomic E-state index is 0.513. The van der Waals surface area contributed by atoms with Crippen LogP contribution >= 0.6 is 11.9 Å². The van der Waals surface area contributed by atoms with Crippen LogP contribution in [0.5, 0.6) is 0 Å². The van der Waals surface area contributed by atoms with Gasteiger partial charge in [0, 0.05) is 31.4 Å². The molecule has 1 atom stereocenters. The van der Waals surface area contributed by atoms with Crippen LogP contribution in [0.4, 0.5) is 5.69 Å². The van der Waals surface area contributed by atoms with Gasteiger partial charge in [-0.15, -0.1) is 0 Å². The molecule has 25 heavy (non-hydrogen) atoms. The Balaban J connectivity index is 1.86. The van der Waals surface area contributed by atoms with Crippen LogP contribution in [0, 0.1) is 11.3 Å². The van der Waals surface area contributed by atoms with Crippen molar-refractivity contribution >= 4 is 34.5 Å². The minimum Gasteiger partial charge on any atom is -0.370 e. The summed E-state index contributed by atoms with van der Waals surface area (Å²) in [5.41, 5.74) is 2.29. The first-order valence-electron chi connectivity index (χ1n) is 8.58. The number of nitrogens with two attached hydrogens (primary N) is 1. The second kappa shape index (κ2) is 7.92. The van der Waals surface area contributed by atoms with Gasteiger partial charge < -0.3 is 9.80 Å². The maximum Gasteiger partial charge on any atom is 0.107 e. The van der Waals surface area contributed by atoms with Crippen molar-refractivity contribution in [2.24, 2.45) is 5.14 Å². The standard InChI is InChI=1S/C20H24N4S/c1-15-7-8-24(10-9-23(15)2)19-6-5-17-11-16(3-4-18(17)13-19)12-20(14-21)25-22/h3-6,11-13,15H,7-10,22H2,1-2H3/b20-12+. The number of hydrogen-bond donors (Lipinski definition) is 1. The highest BCUT2D eigenvalue weighted by Gasteiger charge is 2.18. The van der Waals surface area contributed by atoms with Crippen molar-refractivity contribution in [2.75, 3.05) is 31.6 Å². The summed E-state index contributed by atoms with van der Waals surface area (Å²) in [6.45, 7) is 5.55. The summed E-state index contributed by atoms with van der Waals surface area (Å²) >= 11 is 0.983. The highest BCUT2D eigenvalue weighted by molar-refractivity contribution is 8.01. The molecule has 3 rings (SSSR count). The number of rotatable bonds is 3. The molecule has 1 aliphatic rings. The Labute approximate surface area is 154 Å². The van der Waals surface area contributed by atoms with E-state index in [9.17, 15) is 0 Å². The molecule has 0 aromatic heterocycles. The summed E-state index contributed by atoms with van der Waals surface area (Å²) in [6.07, 6.45) is 3.01. The summed E-state index contributed by atoms with van der Waals surface area (Å²) in [5, 5.41) is 16.9. The molecular weight excluding hydrogens is 328 g/mol. The first kappa shape index (κ1) is 17.8. The number of likely N-dealkylation sites (N-methyl/N-ethyl adjacent to an activating group) is 1. The van der Waals surface area contributed by atoms with Gasteiger partial charge >= 0.3 is 0 Å². The van der Waals surface area contributed by atoms with Crippen molar-refractivity contribution in [3.05, 3.63) is 46.9 Å². The van der Waals surface area contributed by atoms with Gasteiger partial charge in [0.2, 0.25) is 0 Å². The Kier molecular flexibility index (Phi) is 5.64. The van der Waals surface area contributed by atoms with Gasteiger partial charge in [0.15, 0.2) is 0 Å². The third-order valence-electron chi connectivity index (χ3n) is 5.04. The highest BCUT2D eigenvalue weighted by atomic mass is 32.2. The second-order valence-electron chi connectivity index (χ2n) is 6.63. The fourth-order valence-corrected chi connectivity index (χ4v) is 3.47. The monoisotopic (exact) mass is 352 g/mol. The van der Waals surface area contributed by atoms with Gasteiger partial charge in [-0.1, -0.05) is 18.2 Å². The zero-order valence-corrected chi connectivity index (χ0v) is 15.6. The number of hydrogen-bond acceptors (Lipinski definition) is 5. The molecule has 0 radical (unpaired) electrons. The average Bonchev–Trinajstić information content (AvgIpc) is 2.81. The molecule has 1 unspecified atom stereocenters. The normalized spacial score (nSPS) is 19.7. The zero-order chi connectivity index (χ0) is 17.8. The van der Waals surface area contributed by atoms with Crippen LogP contribution in [-0.4, -0.2) is 37.6 Å². The lowest BCUT2D eigenvalue weighted by atomic mass is 10.1. The fourth-order valence-electron chi connectivity index (χ4n) is 3.21. The molecule has 0 bridgehead atoms. The lowest BCUT2D eigenvalue weighted by Gasteiger charge is -2.23. The number of anilines is 1. The summed E-state index contributed by atoms with van der Waals surface area (Å²) in [4.78, 5) is 5.42. The molecule has 2 aromatic carbocycles. The largest absolute Gasteiger partial charge is 0.370 e. The Morgan fingerprint density at radius 1 is 1.20 bits per heavy atom. The minimum atomic E-state index is 0.513. The Hall–Kier alpha value is -2.00. The Morgan fingerprint density at radius 3 is 2.72 bits per heavy atom. The molecule has 5 heteroatoms. The van der Waals surface area contributed by atoms with Gasteiger partial charge in [-0.3, -0.25) is 5.14 Å². The lowest BCUT2D eigenvalue weighted by Crippen LogP contribution is -2.31. The molecule has 4 nitrogen and oxygen atoms in total. The molecule has 0 spiro atoms. The summed E-state index contributed by atoms with van der Waals surface area (Å²) in [5.74, 6) is 0. The van der Waals surface area contributed by atoms with E-state index in [0.717, 1.165) is 37.1 Å². The Morgan fingerprint density at radius 2 is 1.96 bits per heavy atom. The van der Waals surface area contributed by atoms with Gasteiger partial charge in [-0.05, 0) is 73.0 Å². The van der Waals surface area contributed by atoms with E-state index in [-0.39, 0.29) is 0 Å². The third-order valence-corrected chi connectivity index (χ3v) is 5.50. The van der Waals surface area contributed by atoms with E-state index in [1.54, 1.807) is 0 Å². The van der Waals surface area contributed by atoms with Crippen molar-refractivity contribution in [1.29, 1.82) is 5.26 Å². The predicted molar refractivity (Wildman–Crippen MR) is 108 cm³/mol. The van der Waals surface area contributed by atoms with Crippen LogP contribution in [0.25, 0.3) is 16.8 Å². The van der Waals surface area contributed by atoms with Crippen LogP contribution < -0.4 is 10.0 Å². The predicted octanol–water partition coefficient (Wildman–Crippen LogP) is 3.84. The molecule has 0 saturated carbocycles. The van der Waals surface area contributed by atoms with Crippen LogP contribution in [0.3, 0.4) is 0 Å². The van der Waals surface area contributed by atoms with Gasteiger partial charge in [0.25, 0.3) is 0 Å². The maximum atomic E-state index is 9.01. The summed E-state index contributed by atoms with van der Waals surface area (Å²) in [7, 11) is 2.21. The van der Waals surface area contributed by atoms with E-state index in [0.29, 0.717) is 10.9 Å². The molecule has 0 amide bonds. The smallest absolute Gasteiger partial charge is 0.107 e. The number of nitriles is 1. The van der Waals surface area contributed by atoms with Crippen LogP contribution in [-0.2, 0) is 0 Å². The van der Waals surface area contributed by atoms with Crippen molar-refractivity contribution < 1.29 is 0 Å². The number of nitrogens with zero attached hydrogens (tertiary/aromatic N) is 3. The molecule has 2 N–H and O–H groups in total. The highest BCUT2D eigenvalue weighted by Crippen LogP contribution is 2.26. The maximum absolute atomic E-state index is 9.01. The molecule has 130 valence electrons.